The lowest BCUT2D eigenvalue weighted by atomic mass is 9.95. The molecular weight excluding hydrogens is 479 g/mol. The fourth-order valence-electron chi connectivity index (χ4n) is 3.65. The van der Waals surface area contributed by atoms with Crippen molar-refractivity contribution >= 4 is 27.3 Å². The van der Waals surface area contributed by atoms with Crippen LogP contribution < -0.4 is 5.32 Å². The number of imidazole rings is 1. The molecule has 1 fully saturated rings. The number of sulfonamides is 1. The molecule has 1 N–H and O–H groups in total. The second-order valence-electron chi connectivity index (χ2n) is 7.99. The molecule has 4 heterocycles. The molecule has 3 aromatic heterocycles. The Morgan fingerprint density at radius 1 is 1.21 bits per heavy atom. The van der Waals surface area contributed by atoms with Gasteiger partial charge in [0.25, 0.3) is 10.0 Å². The normalized spacial score (nSPS) is 20.2. The van der Waals surface area contributed by atoms with Gasteiger partial charge in [-0.05, 0) is 19.3 Å². The van der Waals surface area contributed by atoms with Crippen molar-refractivity contribution in [3.63, 3.8) is 0 Å². The van der Waals surface area contributed by atoms with Crippen molar-refractivity contribution in [1.82, 2.24) is 28.8 Å². The van der Waals surface area contributed by atoms with E-state index in [0.717, 1.165) is 22.4 Å². The molecule has 1 saturated heterocycles. The minimum Gasteiger partial charge on any atom is -0.351 e. The Bertz CT molecular complexity index is 1260. The summed E-state index contributed by atoms with van der Waals surface area (Å²) in [5.74, 6) is -0.0996. The maximum Gasteiger partial charge on any atom is 0.420 e. The number of hydrogen-bond donors (Lipinski definition) is 1. The van der Waals surface area contributed by atoms with E-state index < -0.39 is 21.8 Å². The van der Waals surface area contributed by atoms with Gasteiger partial charge in [-0.25, -0.2) is 28.4 Å². The number of nitrogens with zero attached hydrogens (tertiary/aromatic N) is 6. The molecule has 0 bridgehead atoms. The molecule has 0 saturated carbocycles. The van der Waals surface area contributed by atoms with E-state index in [-0.39, 0.29) is 46.7 Å². The zero-order valence-corrected chi connectivity index (χ0v) is 19.7. The minimum absolute atomic E-state index is 0.0157. The van der Waals surface area contributed by atoms with Crippen LogP contribution in [0.15, 0.2) is 29.9 Å². The maximum atomic E-state index is 13.5. The Hall–Kier alpha value is -2.58. The summed E-state index contributed by atoms with van der Waals surface area (Å²) in [5, 5.41) is 3.23. The van der Waals surface area contributed by atoms with Gasteiger partial charge in [0.1, 0.15) is 16.3 Å². The van der Waals surface area contributed by atoms with E-state index in [1.54, 1.807) is 18.5 Å². The van der Waals surface area contributed by atoms with Crippen LogP contribution in [-0.2, 0) is 23.2 Å². The molecule has 3 aromatic rings. The molecule has 2 atom stereocenters. The summed E-state index contributed by atoms with van der Waals surface area (Å²) in [6.45, 7) is 4.09. The summed E-state index contributed by atoms with van der Waals surface area (Å²) in [5.41, 5.74) is -1.23. The number of piperidine rings is 1. The van der Waals surface area contributed by atoms with Gasteiger partial charge in [0.15, 0.2) is 5.03 Å². The van der Waals surface area contributed by atoms with Crippen LogP contribution in [0, 0.1) is 12.8 Å². The summed E-state index contributed by atoms with van der Waals surface area (Å²) >= 11 is 1.12. The second-order valence-corrected chi connectivity index (χ2v) is 11.1. The number of halogens is 3. The Morgan fingerprint density at radius 2 is 1.97 bits per heavy atom. The summed E-state index contributed by atoms with van der Waals surface area (Å²) in [6, 6.07) is -0.220. The van der Waals surface area contributed by atoms with Gasteiger partial charge in [-0.15, -0.1) is 11.3 Å². The molecule has 33 heavy (non-hydrogen) atoms. The van der Waals surface area contributed by atoms with Gasteiger partial charge in [-0.1, -0.05) is 6.92 Å². The van der Waals surface area contributed by atoms with Crippen LogP contribution in [-0.4, -0.2) is 56.4 Å². The van der Waals surface area contributed by atoms with Crippen LogP contribution in [0.25, 0.3) is 10.7 Å². The number of aryl methyl sites for hydroxylation is 2. The zero-order chi connectivity index (χ0) is 24.0. The molecule has 0 aliphatic carbocycles. The minimum atomic E-state index is -4.62. The summed E-state index contributed by atoms with van der Waals surface area (Å²) in [4.78, 5) is 16.8. The third kappa shape index (κ3) is 4.87. The number of thiazole rings is 1. The summed E-state index contributed by atoms with van der Waals surface area (Å²) < 4.78 is 69.1. The Balaban J connectivity index is 1.53. The number of rotatable bonds is 5. The Labute approximate surface area is 192 Å². The first-order valence-corrected chi connectivity index (χ1v) is 12.3. The van der Waals surface area contributed by atoms with Gasteiger partial charge in [0, 0.05) is 49.6 Å². The van der Waals surface area contributed by atoms with Crippen LogP contribution in [0.5, 0.6) is 0 Å². The van der Waals surface area contributed by atoms with Gasteiger partial charge < -0.3 is 9.88 Å². The van der Waals surface area contributed by atoms with E-state index in [2.05, 4.69) is 25.3 Å². The number of aromatic nitrogens is 5. The lowest BCUT2D eigenvalue weighted by Crippen LogP contribution is -2.47. The van der Waals surface area contributed by atoms with E-state index in [1.165, 1.54) is 23.0 Å². The first kappa shape index (κ1) is 23.6. The first-order chi connectivity index (χ1) is 15.4. The lowest BCUT2D eigenvalue weighted by molar-refractivity contribution is -0.137. The number of hydrogen-bond acceptors (Lipinski definition) is 8. The van der Waals surface area contributed by atoms with E-state index in [4.69, 9.17) is 0 Å². The third-order valence-electron chi connectivity index (χ3n) is 5.39. The van der Waals surface area contributed by atoms with Crippen molar-refractivity contribution in [3.05, 3.63) is 35.4 Å². The number of alkyl halides is 3. The molecule has 0 spiro atoms. The largest absolute Gasteiger partial charge is 0.420 e. The van der Waals surface area contributed by atoms with Gasteiger partial charge in [0.05, 0.1) is 6.33 Å². The summed E-state index contributed by atoms with van der Waals surface area (Å²) in [6.07, 6.45) is 0.938. The maximum absolute atomic E-state index is 13.5. The summed E-state index contributed by atoms with van der Waals surface area (Å²) in [7, 11) is -2.03. The molecule has 1 aliphatic heterocycles. The van der Waals surface area contributed by atoms with E-state index in [1.807, 2.05) is 6.92 Å². The highest BCUT2D eigenvalue weighted by atomic mass is 32.2. The molecule has 9 nitrogen and oxygen atoms in total. The molecule has 4 rings (SSSR count). The van der Waals surface area contributed by atoms with Gasteiger partial charge in [-0.2, -0.15) is 17.5 Å². The molecule has 0 aromatic carbocycles. The quantitative estimate of drug-likeness (QED) is 0.572. The van der Waals surface area contributed by atoms with Crippen molar-refractivity contribution in [2.24, 2.45) is 13.0 Å². The Kier molecular flexibility index (Phi) is 6.18. The predicted molar refractivity (Wildman–Crippen MR) is 116 cm³/mol. The van der Waals surface area contributed by atoms with Crippen LogP contribution in [0.3, 0.4) is 0 Å². The molecule has 1 aliphatic rings. The van der Waals surface area contributed by atoms with Crippen LogP contribution in [0.1, 0.15) is 23.8 Å². The number of nitrogens with one attached hydrogen (secondary N) is 1. The molecule has 178 valence electrons. The topological polar surface area (TPSA) is 106 Å². The zero-order valence-electron chi connectivity index (χ0n) is 18.0. The monoisotopic (exact) mass is 501 g/mol. The second kappa shape index (κ2) is 8.65. The first-order valence-electron chi connectivity index (χ1n) is 10.1. The smallest absolute Gasteiger partial charge is 0.351 e. The van der Waals surface area contributed by atoms with Gasteiger partial charge in [-0.3, -0.25) is 0 Å². The third-order valence-corrected chi connectivity index (χ3v) is 8.06. The van der Waals surface area contributed by atoms with Gasteiger partial charge >= 0.3 is 6.18 Å². The lowest BCUT2D eigenvalue weighted by Gasteiger charge is -2.36. The molecular formula is C19H22F3N7O2S2. The van der Waals surface area contributed by atoms with Crippen molar-refractivity contribution in [3.8, 4) is 10.7 Å². The highest BCUT2D eigenvalue weighted by Gasteiger charge is 2.38. The van der Waals surface area contributed by atoms with Crippen molar-refractivity contribution in [2.75, 3.05) is 18.4 Å². The SMILES string of the molecule is Cc1cnc(-c2nc(N[C@H]3CCN(S(=O)(=O)c4cn(C)cn4)C[C@H]3C)ncc2C(F)(F)F)s1. The van der Waals surface area contributed by atoms with Crippen molar-refractivity contribution < 1.29 is 21.6 Å². The molecule has 14 heteroatoms. The fourth-order valence-corrected chi connectivity index (χ4v) is 5.94. The van der Waals surface area contributed by atoms with E-state index in [0.29, 0.717) is 6.42 Å². The highest BCUT2D eigenvalue weighted by molar-refractivity contribution is 7.89. The molecule has 0 unspecified atom stereocenters. The fraction of sp³-hybridized carbons (Fsp3) is 0.474. The predicted octanol–water partition coefficient (Wildman–Crippen LogP) is 3.17. The van der Waals surface area contributed by atoms with Crippen LogP contribution >= 0.6 is 11.3 Å². The van der Waals surface area contributed by atoms with Crippen LogP contribution in [0.2, 0.25) is 0 Å². The van der Waals surface area contributed by atoms with E-state index >= 15 is 0 Å². The average Bonchev–Trinajstić information content (AvgIpc) is 3.37. The van der Waals surface area contributed by atoms with E-state index in [9.17, 15) is 21.6 Å². The highest BCUT2D eigenvalue weighted by Crippen LogP contribution is 2.37. The van der Waals surface area contributed by atoms with Crippen molar-refractivity contribution in [1.29, 1.82) is 0 Å². The standard InChI is InChI=1S/C19H22F3N7O2S2/c1-11-8-29(33(30,31)15-9-28(3)10-25-15)5-4-14(11)26-18-24-7-13(19(20,21)22)16(27-18)17-23-6-12(2)32-17/h6-7,9-11,14H,4-5,8H2,1-3H3,(H,24,26,27)/t11-,14+/m1/s1. The average molecular weight is 502 g/mol. The van der Waals surface area contributed by atoms with Gasteiger partial charge in [0.2, 0.25) is 5.95 Å². The van der Waals surface area contributed by atoms with Crippen LogP contribution in [0.4, 0.5) is 19.1 Å². The molecule has 0 amide bonds. The Morgan fingerprint density at radius 3 is 2.55 bits per heavy atom. The number of anilines is 1. The van der Waals surface area contributed by atoms with Crippen molar-refractivity contribution in [2.45, 2.75) is 37.5 Å². The molecule has 0 radical (unpaired) electrons.